The second-order valence-corrected chi connectivity index (χ2v) is 5.59. The summed E-state index contributed by atoms with van der Waals surface area (Å²) in [4.78, 5) is 14.2. The van der Waals surface area contributed by atoms with Gasteiger partial charge in [0.05, 0.1) is 6.04 Å². The minimum atomic E-state index is -0.0991. The molecule has 1 aromatic heterocycles. The first-order valence-electron chi connectivity index (χ1n) is 7.14. The van der Waals surface area contributed by atoms with E-state index in [2.05, 4.69) is 36.8 Å². The molecule has 1 fully saturated rings. The van der Waals surface area contributed by atoms with Gasteiger partial charge in [-0.15, -0.1) is 0 Å². The van der Waals surface area contributed by atoms with Crippen LogP contribution in [0.5, 0.6) is 0 Å². The van der Waals surface area contributed by atoms with Gasteiger partial charge in [0.1, 0.15) is 0 Å². The second kappa shape index (κ2) is 5.78. The van der Waals surface area contributed by atoms with E-state index in [1.165, 1.54) is 17.0 Å². The number of carbonyl (C=O) groups is 1. The molecule has 1 atom stereocenters. The predicted octanol–water partition coefficient (Wildman–Crippen LogP) is 1.74. The van der Waals surface area contributed by atoms with Crippen molar-refractivity contribution in [1.82, 2.24) is 14.8 Å². The highest BCUT2D eigenvalue weighted by Gasteiger charge is 2.22. The Morgan fingerprint density at radius 3 is 2.53 bits per heavy atom. The lowest BCUT2D eigenvalue weighted by atomic mass is 10.2. The molecule has 0 aromatic carbocycles. The van der Waals surface area contributed by atoms with E-state index in [-0.39, 0.29) is 11.9 Å². The van der Waals surface area contributed by atoms with E-state index >= 15 is 0 Å². The van der Waals surface area contributed by atoms with E-state index in [1.54, 1.807) is 0 Å². The number of aryl methyl sites for hydroxylation is 1. The SMILES string of the molecule is Cc1cc(CNC(C)C(=O)N2CCCC2)c(C)n1C. The average Bonchev–Trinajstić information content (AvgIpc) is 3.00. The fourth-order valence-corrected chi connectivity index (χ4v) is 2.67. The van der Waals surface area contributed by atoms with Gasteiger partial charge in [-0.2, -0.15) is 0 Å². The summed E-state index contributed by atoms with van der Waals surface area (Å²) in [6.07, 6.45) is 2.30. The highest BCUT2D eigenvalue weighted by Crippen LogP contribution is 2.14. The summed E-state index contributed by atoms with van der Waals surface area (Å²) in [7, 11) is 2.08. The molecular formula is C15H25N3O. The summed E-state index contributed by atoms with van der Waals surface area (Å²) in [6.45, 7) is 8.80. The second-order valence-electron chi connectivity index (χ2n) is 5.59. The number of likely N-dealkylation sites (tertiary alicyclic amines) is 1. The Bertz CT molecular complexity index is 458. The summed E-state index contributed by atoms with van der Waals surface area (Å²) in [6, 6.07) is 2.09. The molecule has 0 radical (unpaired) electrons. The molecule has 4 nitrogen and oxygen atoms in total. The molecule has 106 valence electrons. The van der Waals surface area contributed by atoms with Gasteiger partial charge in [0.15, 0.2) is 0 Å². The fourth-order valence-electron chi connectivity index (χ4n) is 2.67. The molecule has 0 aliphatic carbocycles. The molecule has 2 heterocycles. The van der Waals surface area contributed by atoms with Crippen molar-refractivity contribution in [2.45, 2.75) is 46.2 Å². The topological polar surface area (TPSA) is 37.3 Å². The number of nitrogens with one attached hydrogen (secondary N) is 1. The summed E-state index contributed by atoms with van der Waals surface area (Å²) in [5.41, 5.74) is 3.81. The van der Waals surface area contributed by atoms with Gasteiger partial charge in [-0.1, -0.05) is 0 Å². The molecule has 1 aliphatic heterocycles. The highest BCUT2D eigenvalue weighted by atomic mass is 16.2. The number of hydrogen-bond donors (Lipinski definition) is 1. The maximum Gasteiger partial charge on any atom is 0.239 e. The average molecular weight is 263 g/mol. The zero-order valence-electron chi connectivity index (χ0n) is 12.5. The van der Waals surface area contributed by atoms with Crippen LogP contribution in [0.1, 0.15) is 36.7 Å². The van der Waals surface area contributed by atoms with Crippen molar-refractivity contribution in [2.75, 3.05) is 13.1 Å². The Morgan fingerprint density at radius 1 is 1.37 bits per heavy atom. The number of rotatable bonds is 4. The normalized spacial score (nSPS) is 16.9. The predicted molar refractivity (Wildman–Crippen MR) is 77.0 cm³/mol. The lowest BCUT2D eigenvalue weighted by Gasteiger charge is -2.21. The van der Waals surface area contributed by atoms with E-state index < -0.39 is 0 Å². The highest BCUT2D eigenvalue weighted by molar-refractivity contribution is 5.81. The third-order valence-corrected chi connectivity index (χ3v) is 4.27. The van der Waals surface area contributed by atoms with Crippen LogP contribution in [0.25, 0.3) is 0 Å². The van der Waals surface area contributed by atoms with Crippen molar-refractivity contribution < 1.29 is 4.79 Å². The van der Waals surface area contributed by atoms with Crippen LogP contribution in [0.3, 0.4) is 0 Å². The van der Waals surface area contributed by atoms with Crippen LogP contribution in [-0.4, -0.2) is 34.5 Å². The maximum atomic E-state index is 12.2. The molecule has 2 rings (SSSR count). The van der Waals surface area contributed by atoms with Gasteiger partial charge in [-0.05, 0) is 45.2 Å². The molecule has 1 unspecified atom stereocenters. The molecule has 19 heavy (non-hydrogen) atoms. The van der Waals surface area contributed by atoms with Crippen LogP contribution in [0.15, 0.2) is 6.07 Å². The molecule has 4 heteroatoms. The zero-order chi connectivity index (χ0) is 14.0. The molecule has 0 bridgehead atoms. The molecule has 0 spiro atoms. The molecule has 1 aromatic rings. The van der Waals surface area contributed by atoms with Gasteiger partial charge < -0.3 is 14.8 Å². The van der Waals surface area contributed by atoms with Crippen molar-refractivity contribution in [3.8, 4) is 0 Å². The maximum absolute atomic E-state index is 12.2. The number of carbonyl (C=O) groups excluding carboxylic acids is 1. The van der Waals surface area contributed by atoms with E-state index in [0.717, 1.165) is 32.5 Å². The Kier molecular flexibility index (Phi) is 4.30. The van der Waals surface area contributed by atoms with Gasteiger partial charge in [0.25, 0.3) is 0 Å². The van der Waals surface area contributed by atoms with Gasteiger partial charge in [-0.3, -0.25) is 4.79 Å². The standard InChI is InChI=1S/C15H25N3O/c1-11-9-14(13(3)17(11)4)10-16-12(2)15(19)18-7-5-6-8-18/h9,12,16H,5-8,10H2,1-4H3. The Labute approximate surface area is 115 Å². The molecule has 1 N–H and O–H groups in total. The minimum absolute atomic E-state index is 0.0991. The van der Waals surface area contributed by atoms with E-state index in [1.807, 2.05) is 11.8 Å². The first-order chi connectivity index (χ1) is 9.00. The Balaban J connectivity index is 1.90. The quantitative estimate of drug-likeness (QED) is 0.898. The summed E-state index contributed by atoms with van der Waals surface area (Å²) < 4.78 is 2.18. The summed E-state index contributed by atoms with van der Waals surface area (Å²) >= 11 is 0. The third kappa shape index (κ3) is 3.00. The number of amides is 1. The van der Waals surface area contributed by atoms with Crippen LogP contribution in [-0.2, 0) is 18.4 Å². The van der Waals surface area contributed by atoms with Gasteiger partial charge in [0.2, 0.25) is 5.91 Å². The summed E-state index contributed by atoms with van der Waals surface area (Å²) in [5, 5.41) is 3.35. The monoisotopic (exact) mass is 263 g/mol. The number of hydrogen-bond acceptors (Lipinski definition) is 2. The molecule has 1 aliphatic rings. The van der Waals surface area contributed by atoms with Crippen molar-refractivity contribution in [3.05, 3.63) is 23.0 Å². The van der Waals surface area contributed by atoms with Crippen LogP contribution < -0.4 is 5.32 Å². The lowest BCUT2D eigenvalue weighted by molar-refractivity contribution is -0.131. The third-order valence-electron chi connectivity index (χ3n) is 4.27. The first kappa shape index (κ1) is 14.1. The number of nitrogens with zero attached hydrogens (tertiary/aromatic N) is 2. The van der Waals surface area contributed by atoms with Crippen molar-refractivity contribution in [3.63, 3.8) is 0 Å². The minimum Gasteiger partial charge on any atom is -0.352 e. The van der Waals surface area contributed by atoms with Crippen LogP contribution in [0, 0.1) is 13.8 Å². The van der Waals surface area contributed by atoms with E-state index in [0.29, 0.717) is 0 Å². The Hall–Kier alpha value is -1.29. The smallest absolute Gasteiger partial charge is 0.239 e. The van der Waals surface area contributed by atoms with Gasteiger partial charge in [0, 0.05) is 38.1 Å². The molecule has 0 saturated carbocycles. The van der Waals surface area contributed by atoms with E-state index in [4.69, 9.17) is 0 Å². The van der Waals surface area contributed by atoms with Crippen molar-refractivity contribution in [1.29, 1.82) is 0 Å². The largest absolute Gasteiger partial charge is 0.352 e. The van der Waals surface area contributed by atoms with Crippen LogP contribution >= 0.6 is 0 Å². The molecule has 1 amide bonds. The van der Waals surface area contributed by atoms with Gasteiger partial charge >= 0.3 is 0 Å². The lowest BCUT2D eigenvalue weighted by Crippen LogP contribution is -2.43. The first-order valence-corrected chi connectivity index (χ1v) is 7.14. The summed E-state index contributed by atoms with van der Waals surface area (Å²) in [5.74, 6) is 0.239. The number of aromatic nitrogens is 1. The van der Waals surface area contributed by atoms with Crippen molar-refractivity contribution in [2.24, 2.45) is 7.05 Å². The van der Waals surface area contributed by atoms with E-state index in [9.17, 15) is 4.79 Å². The molecular weight excluding hydrogens is 238 g/mol. The zero-order valence-corrected chi connectivity index (χ0v) is 12.5. The van der Waals surface area contributed by atoms with Crippen molar-refractivity contribution >= 4 is 5.91 Å². The fraction of sp³-hybridized carbons (Fsp3) is 0.667. The Morgan fingerprint density at radius 2 is 2.00 bits per heavy atom. The van der Waals surface area contributed by atoms with Gasteiger partial charge in [-0.25, -0.2) is 0 Å². The van der Waals surface area contributed by atoms with Crippen LogP contribution in [0.4, 0.5) is 0 Å². The molecule has 1 saturated heterocycles. The van der Waals surface area contributed by atoms with Crippen LogP contribution in [0.2, 0.25) is 0 Å².